The quantitative estimate of drug-likeness (QED) is 0.702. The Labute approximate surface area is 112 Å². The maximum Gasteiger partial charge on any atom is 0.235 e. The molecule has 4 heteroatoms. The van der Waals surface area contributed by atoms with Crippen LogP contribution in [-0.2, 0) is 4.79 Å². The lowest BCUT2D eigenvalue weighted by Crippen LogP contribution is -2.44. The second-order valence-corrected chi connectivity index (χ2v) is 6.30. The Balaban J connectivity index is 2.63. The Morgan fingerprint density at radius 2 is 2.19 bits per heavy atom. The van der Waals surface area contributed by atoms with Crippen molar-refractivity contribution in [2.24, 2.45) is 0 Å². The van der Waals surface area contributed by atoms with Crippen LogP contribution in [0.3, 0.4) is 0 Å². The van der Waals surface area contributed by atoms with Gasteiger partial charge in [0.25, 0.3) is 0 Å². The summed E-state index contributed by atoms with van der Waals surface area (Å²) in [7, 11) is 0. The zero-order valence-corrected chi connectivity index (χ0v) is 12.6. The molecule has 1 fully saturated rings. The molecule has 0 saturated carbocycles. The van der Waals surface area contributed by atoms with Gasteiger partial charge >= 0.3 is 0 Å². The Morgan fingerprint density at radius 3 is 2.62 bits per heavy atom. The highest BCUT2D eigenvalue weighted by Gasteiger charge is 2.30. The summed E-state index contributed by atoms with van der Waals surface area (Å²) in [5.74, 6) is 1.53. The summed E-state index contributed by atoms with van der Waals surface area (Å²) in [5, 5.41) is 1.12. The van der Waals surface area contributed by atoms with E-state index in [0.29, 0.717) is 11.9 Å². The van der Waals surface area contributed by atoms with Gasteiger partial charge in [-0.25, -0.2) is 0 Å². The van der Waals surface area contributed by atoms with Gasteiger partial charge in [0, 0.05) is 17.9 Å². The number of amides is 1. The summed E-state index contributed by atoms with van der Waals surface area (Å²) < 4.78 is 0. The van der Waals surface area contributed by atoms with Crippen LogP contribution in [0.1, 0.15) is 39.5 Å². The molecule has 1 aliphatic heterocycles. The number of hydrogen-bond acceptors (Lipinski definition) is 2. The molecule has 0 aromatic heterocycles. The van der Waals surface area contributed by atoms with Crippen LogP contribution in [0.2, 0.25) is 0 Å². The fourth-order valence-electron chi connectivity index (χ4n) is 2.25. The molecular weight excluding hydrogens is 286 g/mol. The molecule has 16 heavy (non-hydrogen) atoms. The highest BCUT2D eigenvalue weighted by atomic mass is 79.9. The monoisotopic (exact) mass is 307 g/mol. The highest BCUT2D eigenvalue weighted by Crippen LogP contribution is 2.28. The number of hydrogen-bond donors (Lipinski definition) is 0. The van der Waals surface area contributed by atoms with Crippen molar-refractivity contribution in [2.45, 2.75) is 50.8 Å². The molecule has 0 aliphatic carbocycles. The van der Waals surface area contributed by atoms with Crippen molar-refractivity contribution in [3.05, 3.63) is 0 Å². The van der Waals surface area contributed by atoms with Crippen LogP contribution in [0.15, 0.2) is 0 Å². The molecule has 2 nitrogen and oxygen atoms in total. The van der Waals surface area contributed by atoms with E-state index in [4.69, 9.17) is 0 Å². The van der Waals surface area contributed by atoms with Crippen molar-refractivity contribution in [2.75, 3.05) is 17.6 Å². The predicted molar refractivity (Wildman–Crippen MR) is 75.4 cm³/mol. The minimum Gasteiger partial charge on any atom is -0.338 e. The molecular formula is C12H22BrNOS. The molecule has 0 bridgehead atoms. The summed E-state index contributed by atoms with van der Waals surface area (Å²) in [6.07, 6.45) is 4.40. The molecule has 94 valence electrons. The number of rotatable bonds is 6. The second kappa shape index (κ2) is 7.59. The average Bonchev–Trinajstić information content (AvgIpc) is 2.82. The zero-order chi connectivity index (χ0) is 12.0. The Morgan fingerprint density at radius 1 is 1.50 bits per heavy atom. The number of thioether (sulfide) groups is 1. The molecule has 1 heterocycles. The van der Waals surface area contributed by atoms with E-state index in [0.717, 1.165) is 36.9 Å². The maximum absolute atomic E-state index is 12.4. The summed E-state index contributed by atoms with van der Waals surface area (Å²) in [4.78, 5) is 14.5. The van der Waals surface area contributed by atoms with Crippen LogP contribution in [0.4, 0.5) is 0 Å². The van der Waals surface area contributed by atoms with E-state index >= 15 is 0 Å². The van der Waals surface area contributed by atoms with Crippen LogP contribution in [0.5, 0.6) is 0 Å². The third-order valence-electron chi connectivity index (χ3n) is 3.20. The predicted octanol–water partition coefficient (Wildman–Crippen LogP) is 3.29. The third kappa shape index (κ3) is 3.66. The van der Waals surface area contributed by atoms with Gasteiger partial charge in [0.05, 0.1) is 5.25 Å². The lowest BCUT2D eigenvalue weighted by atomic mass is 10.1. The lowest BCUT2D eigenvalue weighted by molar-refractivity contribution is -0.132. The third-order valence-corrected chi connectivity index (χ3v) is 4.92. The van der Waals surface area contributed by atoms with Gasteiger partial charge in [-0.1, -0.05) is 29.8 Å². The first-order chi connectivity index (χ1) is 7.74. The fourth-order valence-corrected chi connectivity index (χ4v) is 3.86. The van der Waals surface area contributed by atoms with Gasteiger partial charge in [-0.05, 0) is 31.4 Å². The average molecular weight is 308 g/mol. The van der Waals surface area contributed by atoms with Crippen molar-refractivity contribution >= 4 is 33.6 Å². The first-order valence-corrected chi connectivity index (χ1v) is 8.39. The molecule has 1 amide bonds. The number of carbonyl (C=O) groups is 1. The Hall–Kier alpha value is 0.300. The molecule has 1 rings (SSSR count). The normalized spacial score (nSPS) is 20.4. The van der Waals surface area contributed by atoms with Crippen LogP contribution >= 0.6 is 27.7 Å². The minimum absolute atomic E-state index is 0.236. The maximum atomic E-state index is 12.4. The lowest BCUT2D eigenvalue weighted by Gasteiger charge is -2.32. The van der Waals surface area contributed by atoms with Crippen molar-refractivity contribution in [3.63, 3.8) is 0 Å². The number of alkyl halides is 1. The molecule has 0 N–H and O–H groups in total. The molecule has 0 radical (unpaired) electrons. The first-order valence-electron chi connectivity index (χ1n) is 6.22. The summed E-state index contributed by atoms with van der Waals surface area (Å²) in [6, 6.07) is 0.422. The van der Waals surface area contributed by atoms with Gasteiger partial charge in [-0.2, -0.15) is 0 Å². The van der Waals surface area contributed by atoms with Crippen LogP contribution in [0.25, 0.3) is 0 Å². The topological polar surface area (TPSA) is 20.3 Å². The van der Waals surface area contributed by atoms with Gasteiger partial charge in [0.2, 0.25) is 5.91 Å². The molecule has 0 aromatic rings. The fraction of sp³-hybridized carbons (Fsp3) is 0.917. The van der Waals surface area contributed by atoms with Gasteiger partial charge < -0.3 is 4.90 Å². The summed E-state index contributed by atoms with van der Waals surface area (Å²) in [5.41, 5.74) is 0. The SMILES string of the molecule is CCC(CC)N(CCBr)C(=O)C1CCCS1. The summed E-state index contributed by atoms with van der Waals surface area (Å²) in [6.45, 7) is 5.19. The Bertz CT molecular complexity index is 215. The van der Waals surface area contributed by atoms with Crippen molar-refractivity contribution < 1.29 is 4.79 Å². The molecule has 1 atom stereocenters. The van der Waals surface area contributed by atoms with Crippen molar-refractivity contribution in [3.8, 4) is 0 Å². The molecule has 1 unspecified atom stereocenters. The van der Waals surface area contributed by atoms with E-state index in [1.54, 1.807) is 0 Å². The van der Waals surface area contributed by atoms with Gasteiger partial charge in [0.15, 0.2) is 0 Å². The van der Waals surface area contributed by atoms with E-state index in [2.05, 4.69) is 34.7 Å². The number of nitrogens with zero attached hydrogens (tertiary/aromatic N) is 1. The van der Waals surface area contributed by atoms with Crippen molar-refractivity contribution in [1.82, 2.24) is 4.90 Å². The second-order valence-electron chi connectivity index (χ2n) is 4.19. The van der Waals surface area contributed by atoms with Crippen LogP contribution in [0, 0.1) is 0 Å². The molecule has 1 aliphatic rings. The van der Waals surface area contributed by atoms with E-state index in [9.17, 15) is 4.79 Å². The van der Waals surface area contributed by atoms with Gasteiger partial charge in [0.1, 0.15) is 0 Å². The Kier molecular flexibility index (Phi) is 6.81. The molecule has 0 aromatic carbocycles. The standard InChI is InChI=1S/C12H22BrNOS/c1-3-10(4-2)14(8-7-13)12(15)11-6-5-9-16-11/h10-11H,3-9H2,1-2H3. The number of halogens is 1. The van der Waals surface area contributed by atoms with E-state index in [-0.39, 0.29) is 5.25 Å². The van der Waals surface area contributed by atoms with E-state index < -0.39 is 0 Å². The van der Waals surface area contributed by atoms with Gasteiger partial charge in [-0.15, -0.1) is 11.8 Å². The van der Waals surface area contributed by atoms with E-state index in [1.165, 1.54) is 6.42 Å². The summed E-state index contributed by atoms with van der Waals surface area (Å²) >= 11 is 5.29. The molecule has 1 saturated heterocycles. The molecule has 0 spiro atoms. The van der Waals surface area contributed by atoms with Crippen LogP contribution < -0.4 is 0 Å². The largest absolute Gasteiger partial charge is 0.338 e. The minimum atomic E-state index is 0.236. The zero-order valence-electron chi connectivity index (χ0n) is 10.2. The van der Waals surface area contributed by atoms with E-state index in [1.807, 2.05) is 11.8 Å². The van der Waals surface area contributed by atoms with Crippen LogP contribution in [-0.4, -0.2) is 39.7 Å². The van der Waals surface area contributed by atoms with Gasteiger partial charge in [-0.3, -0.25) is 4.79 Å². The highest BCUT2D eigenvalue weighted by molar-refractivity contribution is 9.09. The number of carbonyl (C=O) groups excluding carboxylic acids is 1. The smallest absolute Gasteiger partial charge is 0.235 e. The van der Waals surface area contributed by atoms with Crippen molar-refractivity contribution in [1.29, 1.82) is 0 Å². The first kappa shape index (κ1) is 14.4.